The topological polar surface area (TPSA) is 38.8 Å². The highest BCUT2D eigenvalue weighted by molar-refractivity contribution is 6.32. The number of likely N-dealkylation sites (tertiary alicyclic amines) is 1. The molecule has 1 aliphatic heterocycles. The molecule has 0 unspecified atom stereocenters. The lowest BCUT2D eigenvalue weighted by Crippen LogP contribution is -2.36. The summed E-state index contributed by atoms with van der Waals surface area (Å²) in [5, 5.41) is 0.503. The minimum Gasteiger partial charge on any atom is -0.490 e. The summed E-state index contributed by atoms with van der Waals surface area (Å²) in [6.45, 7) is 9.58. The van der Waals surface area contributed by atoms with Crippen molar-refractivity contribution in [2.75, 3.05) is 32.8 Å². The fourth-order valence-electron chi connectivity index (χ4n) is 2.88. The largest absolute Gasteiger partial charge is 0.490 e. The van der Waals surface area contributed by atoms with Crippen molar-refractivity contribution in [1.29, 1.82) is 0 Å². The van der Waals surface area contributed by atoms with E-state index in [-0.39, 0.29) is 5.78 Å². The molecule has 1 aromatic carbocycles. The molecule has 1 aliphatic rings. The summed E-state index contributed by atoms with van der Waals surface area (Å²) in [5.41, 5.74) is 1.70. The Hall–Kier alpha value is -1.52. The SMILES string of the molecule is CCCN1CCC(=O)/C(=C/c2cc(Cl)c(OCC)c(OCC)c2)C1. The number of carbonyl (C=O) groups is 1. The lowest BCUT2D eigenvalue weighted by Gasteiger charge is -2.27. The fourth-order valence-corrected chi connectivity index (χ4v) is 3.16. The molecule has 1 heterocycles. The lowest BCUT2D eigenvalue weighted by atomic mass is 10.00. The van der Waals surface area contributed by atoms with E-state index in [1.807, 2.05) is 32.1 Å². The van der Waals surface area contributed by atoms with E-state index in [9.17, 15) is 4.79 Å². The van der Waals surface area contributed by atoms with Crippen LogP contribution in [0.4, 0.5) is 0 Å². The predicted molar refractivity (Wildman–Crippen MR) is 98.1 cm³/mol. The number of hydrogen-bond acceptors (Lipinski definition) is 4. The summed E-state index contributed by atoms with van der Waals surface area (Å²) in [4.78, 5) is 14.5. The molecule has 0 saturated carbocycles. The van der Waals surface area contributed by atoms with Gasteiger partial charge in [-0.15, -0.1) is 0 Å². The van der Waals surface area contributed by atoms with E-state index in [2.05, 4.69) is 11.8 Å². The molecular formula is C19H26ClNO3. The van der Waals surface area contributed by atoms with Gasteiger partial charge in [-0.25, -0.2) is 0 Å². The first-order valence-electron chi connectivity index (χ1n) is 8.64. The summed E-state index contributed by atoms with van der Waals surface area (Å²) in [6.07, 6.45) is 3.59. The second-order valence-electron chi connectivity index (χ2n) is 5.81. The fraction of sp³-hybridized carbons (Fsp3) is 0.526. The first kappa shape index (κ1) is 18.8. The van der Waals surface area contributed by atoms with Crippen molar-refractivity contribution in [3.8, 4) is 11.5 Å². The van der Waals surface area contributed by atoms with Crippen molar-refractivity contribution >= 4 is 23.5 Å². The highest BCUT2D eigenvalue weighted by atomic mass is 35.5. The summed E-state index contributed by atoms with van der Waals surface area (Å²) in [5.74, 6) is 1.39. The molecule has 0 aliphatic carbocycles. The Balaban J connectivity index is 2.31. The van der Waals surface area contributed by atoms with Crippen LogP contribution in [0.15, 0.2) is 17.7 Å². The number of carbonyl (C=O) groups excluding carboxylic acids is 1. The molecule has 0 spiro atoms. The van der Waals surface area contributed by atoms with Crippen LogP contribution in [0.5, 0.6) is 11.5 Å². The number of nitrogens with zero attached hydrogens (tertiary/aromatic N) is 1. The number of rotatable bonds is 7. The highest BCUT2D eigenvalue weighted by Crippen LogP contribution is 2.37. The first-order valence-corrected chi connectivity index (χ1v) is 9.02. The van der Waals surface area contributed by atoms with Crippen LogP contribution in [0, 0.1) is 0 Å². The molecule has 4 nitrogen and oxygen atoms in total. The maximum Gasteiger partial charge on any atom is 0.179 e. The molecule has 0 radical (unpaired) electrons. The van der Waals surface area contributed by atoms with Crippen LogP contribution in [-0.2, 0) is 4.79 Å². The van der Waals surface area contributed by atoms with Crippen molar-refractivity contribution in [3.63, 3.8) is 0 Å². The lowest BCUT2D eigenvalue weighted by molar-refractivity contribution is -0.117. The Bertz CT molecular complexity index is 613. The van der Waals surface area contributed by atoms with Gasteiger partial charge in [0.1, 0.15) is 0 Å². The van der Waals surface area contributed by atoms with Crippen LogP contribution in [0.2, 0.25) is 5.02 Å². The van der Waals surface area contributed by atoms with Crippen molar-refractivity contribution in [1.82, 2.24) is 4.90 Å². The third-order valence-electron chi connectivity index (χ3n) is 3.91. The molecule has 132 valence electrons. The Kier molecular flexibility index (Phi) is 7.13. The van der Waals surface area contributed by atoms with Gasteiger partial charge in [0.25, 0.3) is 0 Å². The normalized spacial score (nSPS) is 17.3. The molecule has 24 heavy (non-hydrogen) atoms. The molecule has 0 atom stereocenters. The second-order valence-corrected chi connectivity index (χ2v) is 6.22. The quantitative estimate of drug-likeness (QED) is 0.690. The summed E-state index contributed by atoms with van der Waals surface area (Å²) >= 11 is 6.35. The minimum absolute atomic E-state index is 0.213. The molecular weight excluding hydrogens is 326 g/mol. The first-order chi connectivity index (χ1) is 11.6. The minimum atomic E-state index is 0.213. The molecule has 5 heteroatoms. The Morgan fingerprint density at radius 3 is 2.62 bits per heavy atom. The molecule has 0 N–H and O–H groups in total. The van der Waals surface area contributed by atoms with Gasteiger partial charge in [0.2, 0.25) is 0 Å². The van der Waals surface area contributed by atoms with Crippen molar-refractivity contribution in [3.05, 3.63) is 28.3 Å². The van der Waals surface area contributed by atoms with E-state index < -0.39 is 0 Å². The number of benzene rings is 1. The van der Waals surface area contributed by atoms with E-state index in [4.69, 9.17) is 21.1 Å². The molecule has 1 fully saturated rings. The third-order valence-corrected chi connectivity index (χ3v) is 4.19. The van der Waals surface area contributed by atoms with E-state index in [0.717, 1.165) is 30.6 Å². The number of halogens is 1. The van der Waals surface area contributed by atoms with Gasteiger partial charge in [-0.3, -0.25) is 9.69 Å². The highest BCUT2D eigenvalue weighted by Gasteiger charge is 2.21. The number of Topliss-reactive ketones (excluding diaryl/α,β-unsaturated/α-hetero) is 1. The van der Waals surface area contributed by atoms with Gasteiger partial charge in [-0.05, 0) is 50.6 Å². The van der Waals surface area contributed by atoms with Gasteiger partial charge < -0.3 is 9.47 Å². The Labute approximate surface area is 149 Å². The van der Waals surface area contributed by atoms with Gasteiger partial charge >= 0.3 is 0 Å². The van der Waals surface area contributed by atoms with E-state index in [1.54, 1.807) is 0 Å². The zero-order valence-electron chi connectivity index (χ0n) is 14.7. The Morgan fingerprint density at radius 1 is 1.21 bits per heavy atom. The molecule has 1 aromatic rings. The maximum atomic E-state index is 12.2. The van der Waals surface area contributed by atoms with Crippen LogP contribution >= 0.6 is 11.6 Å². The van der Waals surface area contributed by atoms with E-state index in [0.29, 0.717) is 42.7 Å². The van der Waals surface area contributed by atoms with Crippen molar-refractivity contribution < 1.29 is 14.3 Å². The zero-order valence-corrected chi connectivity index (χ0v) is 15.5. The van der Waals surface area contributed by atoms with Gasteiger partial charge in [0.05, 0.1) is 18.2 Å². The summed E-state index contributed by atoms with van der Waals surface area (Å²) in [6, 6.07) is 3.72. The van der Waals surface area contributed by atoms with Gasteiger partial charge in [-0.1, -0.05) is 18.5 Å². The van der Waals surface area contributed by atoms with Crippen LogP contribution in [-0.4, -0.2) is 43.5 Å². The molecule has 0 amide bonds. The van der Waals surface area contributed by atoms with Gasteiger partial charge in [-0.2, -0.15) is 0 Å². The standard InChI is InChI=1S/C19H26ClNO3/c1-4-8-21-9-7-17(22)15(13-21)10-14-11-16(20)19(24-6-3)18(12-14)23-5-2/h10-12H,4-9,13H2,1-3H3/b15-10+. The smallest absolute Gasteiger partial charge is 0.179 e. The van der Waals surface area contributed by atoms with Crippen LogP contribution in [0.3, 0.4) is 0 Å². The van der Waals surface area contributed by atoms with E-state index in [1.165, 1.54) is 0 Å². The third kappa shape index (κ3) is 4.74. The maximum absolute atomic E-state index is 12.2. The van der Waals surface area contributed by atoms with Gasteiger partial charge in [0, 0.05) is 25.1 Å². The van der Waals surface area contributed by atoms with E-state index >= 15 is 0 Å². The molecule has 0 aromatic heterocycles. The van der Waals surface area contributed by atoms with Crippen LogP contribution < -0.4 is 9.47 Å². The van der Waals surface area contributed by atoms with Gasteiger partial charge in [0.15, 0.2) is 17.3 Å². The summed E-state index contributed by atoms with van der Waals surface area (Å²) in [7, 11) is 0. The zero-order chi connectivity index (χ0) is 17.5. The monoisotopic (exact) mass is 351 g/mol. The average molecular weight is 352 g/mol. The van der Waals surface area contributed by atoms with Crippen molar-refractivity contribution in [2.45, 2.75) is 33.6 Å². The number of hydrogen-bond donors (Lipinski definition) is 0. The van der Waals surface area contributed by atoms with Crippen LogP contribution in [0.25, 0.3) is 6.08 Å². The van der Waals surface area contributed by atoms with Crippen LogP contribution in [0.1, 0.15) is 39.2 Å². The number of ether oxygens (including phenoxy) is 2. The second kappa shape index (κ2) is 9.09. The predicted octanol–water partition coefficient (Wildman–Crippen LogP) is 4.21. The molecule has 0 bridgehead atoms. The number of piperidine rings is 1. The molecule has 1 saturated heterocycles. The average Bonchev–Trinajstić information content (AvgIpc) is 2.54. The molecule has 2 rings (SSSR count). The Morgan fingerprint density at radius 2 is 1.96 bits per heavy atom. The summed E-state index contributed by atoms with van der Waals surface area (Å²) < 4.78 is 11.2. The number of ketones is 1. The van der Waals surface area contributed by atoms with Crippen molar-refractivity contribution in [2.24, 2.45) is 0 Å².